The molecule has 3 aliphatic carbocycles. The topological polar surface area (TPSA) is 29.1 Å². The molecule has 0 aromatic rings. The van der Waals surface area contributed by atoms with Crippen LogP contribution in [0.15, 0.2) is 24.3 Å². The number of allylic oxidation sites excluding steroid dienone is 3. The van der Waals surface area contributed by atoms with E-state index in [4.69, 9.17) is 0 Å². The van der Waals surface area contributed by atoms with E-state index < -0.39 is 0 Å². The fraction of sp³-hybridized carbons (Fsp3) is 0.762. The first kappa shape index (κ1) is 16.8. The molecule has 2 fully saturated rings. The maximum Gasteiger partial charge on any atom is 0.225 e. The smallest absolute Gasteiger partial charge is 0.225 e. The summed E-state index contributed by atoms with van der Waals surface area (Å²) in [5.74, 6) is 1.43. The number of rotatable bonds is 2. The third-order valence-corrected chi connectivity index (χ3v) is 7.57. The van der Waals surface area contributed by atoms with Gasteiger partial charge in [-0.3, -0.25) is 4.79 Å². The molecule has 5 atom stereocenters. The molecular weight excluding hydrogens is 282 g/mol. The second kappa shape index (κ2) is 5.50. The van der Waals surface area contributed by atoms with Gasteiger partial charge < -0.3 is 5.32 Å². The summed E-state index contributed by atoms with van der Waals surface area (Å²) in [5.41, 5.74) is 1.94. The van der Waals surface area contributed by atoms with Crippen LogP contribution in [-0.4, -0.2) is 13.0 Å². The van der Waals surface area contributed by atoms with Crippen LogP contribution in [0.4, 0.5) is 0 Å². The summed E-state index contributed by atoms with van der Waals surface area (Å²) in [6.07, 6.45) is 12.9. The summed E-state index contributed by atoms with van der Waals surface area (Å²) < 4.78 is 0. The summed E-state index contributed by atoms with van der Waals surface area (Å²) in [4.78, 5) is 12.7. The van der Waals surface area contributed by atoms with Crippen molar-refractivity contribution in [2.45, 2.75) is 65.7 Å². The molecule has 3 aliphatic rings. The van der Waals surface area contributed by atoms with Crippen molar-refractivity contribution >= 4 is 5.91 Å². The van der Waals surface area contributed by atoms with Crippen LogP contribution in [0.25, 0.3) is 0 Å². The summed E-state index contributed by atoms with van der Waals surface area (Å²) in [7, 11) is 1.79. The van der Waals surface area contributed by atoms with E-state index in [0.717, 1.165) is 12.8 Å². The first-order valence-corrected chi connectivity index (χ1v) is 9.35. The number of carbonyl (C=O) groups excluding carboxylic acids is 1. The predicted octanol–water partition coefficient (Wildman–Crippen LogP) is 4.87. The van der Waals surface area contributed by atoms with Crippen LogP contribution >= 0.6 is 0 Å². The first-order valence-electron chi connectivity index (χ1n) is 9.35. The lowest BCUT2D eigenvalue weighted by molar-refractivity contribution is -0.141. The Morgan fingerprint density at radius 2 is 2.04 bits per heavy atom. The minimum Gasteiger partial charge on any atom is -0.359 e. The average molecular weight is 316 g/mol. The molecule has 0 aromatic heterocycles. The molecule has 0 aromatic carbocycles. The van der Waals surface area contributed by atoms with Crippen molar-refractivity contribution in [2.24, 2.45) is 28.1 Å². The van der Waals surface area contributed by atoms with Crippen LogP contribution < -0.4 is 5.32 Å². The Hall–Kier alpha value is -1.05. The van der Waals surface area contributed by atoms with E-state index in [-0.39, 0.29) is 22.2 Å². The van der Waals surface area contributed by atoms with Gasteiger partial charge in [0.25, 0.3) is 0 Å². The van der Waals surface area contributed by atoms with Gasteiger partial charge in [-0.2, -0.15) is 0 Å². The number of nitrogens with one attached hydrogen (secondary N) is 1. The lowest BCUT2D eigenvalue weighted by Gasteiger charge is -2.58. The number of hydrogen-bond acceptors (Lipinski definition) is 1. The molecule has 2 heteroatoms. The monoisotopic (exact) mass is 315 g/mol. The van der Waals surface area contributed by atoms with Crippen molar-refractivity contribution in [1.29, 1.82) is 0 Å². The zero-order chi connectivity index (χ0) is 16.9. The van der Waals surface area contributed by atoms with Crippen molar-refractivity contribution in [3.8, 4) is 0 Å². The zero-order valence-corrected chi connectivity index (χ0v) is 15.4. The van der Waals surface area contributed by atoms with E-state index in [1.807, 2.05) is 0 Å². The predicted molar refractivity (Wildman–Crippen MR) is 96.0 cm³/mol. The minimum atomic E-state index is -0.202. The third kappa shape index (κ3) is 2.40. The Kier molecular flexibility index (Phi) is 4.01. The molecular formula is C21H33NO. The van der Waals surface area contributed by atoms with Crippen molar-refractivity contribution in [1.82, 2.24) is 5.32 Å². The molecule has 1 N–H and O–H groups in total. The van der Waals surface area contributed by atoms with Gasteiger partial charge in [0.05, 0.1) is 0 Å². The first-order chi connectivity index (χ1) is 10.8. The van der Waals surface area contributed by atoms with Crippen LogP contribution in [0.5, 0.6) is 0 Å². The van der Waals surface area contributed by atoms with Gasteiger partial charge in [0.15, 0.2) is 0 Å². The van der Waals surface area contributed by atoms with E-state index in [2.05, 4.69) is 44.8 Å². The largest absolute Gasteiger partial charge is 0.359 e. The normalized spacial score (nSPS) is 46.2. The van der Waals surface area contributed by atoms with E-state index in [9.17, 15) is 4.79 Å². The third-order valence-electron chi connectivity index (χ3n) is 7.57. The van der Waals surface area contributed by atoms with E-state index >= 15 is 0 Å². The van der Waals surface area contributed by atoms with Crippen LogP contribution in [0, 0.1) is 28.1 Å². The van der Waals surface area contributed by atoms with Gasteiger partial charge in [-0.15, -0.1) is 6.58 Å². The molecule has 0 saturated heterocycles. The molecule has 1 amide bonds. The highest BCUT2D eigenvalue weighted by Crippen LogP contribution is 2.63. The van der Waals surface area contributed by atoms with Gasteiger partial charge in [-0.1, -0.05) is 44.9 Å². The number of hydrogen-bond donors (Lipinski definition) is 1. The number of carbonyl (C=O) groups is 1. The molecule has 0 radical (unpaired) electrons. The molecule has 0 heterocycles. The standard InChI is InChI=1S/C21H33NO/c1-6-19(2)13-10-16-15(14-19)8-9-17-20(16,3)11-7-12-21(17,4)18(23)22-5/h6,10,15,17H,1,7-9,11-14H2,2-5H3,(H,22,23)/t15?,17?,19-,20-,21+/m0/s1. The fourth-order valence-corrected chi connectivity index (χ4v) is 6.17. The van der Waals surface area contributed by atoms with Crippen molar-refractivity contribution in [3.63, 3.8) is 0 Å². The fourth-order valence-electron chi connectivity index (χ4n) is 6.17. The molecule has 0 bridgehead atoms. The molecule has 3 rings (SSSR count). The molecule has 23 heavy (non-hydrogen) atoms. The lowest BCUT2D eigenvalue weighted by Crippen LogP contribution is -2.55. The minimum absolute atomic E-state index is 0.202. The van der Waals surface area contributed by atoms with Gasteiger partial charge in [0, 0.05) is 12.5 Å². The van der Waals surface area contributed by atoms with Crippen molar-refractivity contribution < 1.29 is 4.79 Å². The zero-order valence-electron chi connectivity index (χ0n) is 15.4. The number of fused-ring (bicyclic) bond motifs is 3. The van der Waals surface area contributed by atoms with Crippen LogP contribution in [0.2, 0.25) is 0 Å². The highest BCUT2D eigenvalue weighted by Gasteiger charge is 2.57. The summed E-state index contributed by atoms with van der Waals surface area (Å²) in [6, 6.07) is 0. The number of amides is 1. The van der Waals surface area contributed by atoms with Gasteiger partial charge in [0.2, 0.25) is 5.91 Å². The van der Waals surface area contributed by atoms with Crippen LogP contribution in [0.3, 0.4) is 0 Å². The maximum absolute atomic E-state index is 12.7. The van der Waals surface area contributed by atoms with Crippen LogP contribution in [-0.2, 0) is 4.79 Å². The molecule has 128 valence electrons. The highest BCUT2D eigenvalue weighted by molar-refractivity contribution is 5.82. The Morgan fingerprint density at radius 1 is 1.30 bits per heavy atom. The SMILES string of the molecule is C=C[C@@]1(C)CC=C2C(CCC3[C@](C)(C(=O)NC)CCC[C@@]23C)C1. The summed E-state index contributed by atoms with van der Waals surface area (Å²) in [5, 5.41) is 2.95. The van der Waals surface area contributed by atoms with Gasteiger partial charge in [-0.25, -0.2) is 0 Å². The Morgan fingerprint density at radius 3 is 2.70 bits per heavy atom. The molecule has 0 aliphatic heterocycles. The van der Waals surface area contributed by atoms with E-state index in [1.165, 1.54) is 32.1 Å². The van der Waals surface area contributed by atoms with Gasteiger partial charge in [-0.05, 0) is 61.2 Å². The van der Waals surface area contributed by atoms with Crippen molar-refractivity contribution in [2.75, 3.05) is 7.05 Å². The van der Waals surface area contributed by atoms with Crippen LogP contribution in [0.1, 0.15) is 65.7 Å². The molecule has 2 saturated carbocycles. The van der Waals surface area contributed by atoms with Gasteiger partial charge in [0.1, 0.15) is 0 Å². The van der Waals surface area contributed by atoms with E-state index in [1.54, 1.807) is 12.6 Å². The molecule has 2 nitrogen and oxygen atoms in total. The highest BCUT2D eigenvalue weighted by atomic mass is 16.2. The van der Waals surface area contributed by atoms with E-state index in [0.29, 0.717) is 11.8 Å². The average Bonchev–Trinajstić information content (AvgIpc) is 2.53. The maximum atomic E-state index is 12.7. The molecule has 2 unspecified atom stereocenters. The summed E-state index contributed by atoms with van der Waals surface area (Å²) in [6.45, 7) is 11.1. The Balaban J connectivity index is 1.98. The Bertz CT molecular complexity index is 550. The lowest BCUT2D eigenvalue weighted by atomic mass is 9.46. The van der Waals surface area contributed by atoms with Crippen molar-refractivity contribution in [3.05, 3.63) is 24.3 Å². The second-order valence-corrected chi connectivity index (χ2v) is 9.02. The second-order valence-electron chi connectivity index (χ2n) is 9.02. The van der Waals surface area contributed by atoms with Gasteiger partial charge >= 0.3 is 0 Å². The summed E-state index contributed by atoms with van der Waals surface area (Å²) >= 11 is 0. The molecule has 0 spiro atoms. The quantitative estimate of drug-likeness (QED) is 0.724. The Labute approximate surface area is 141 Å².